The minimum Gasteiger partial charge on any atom is -0.324 e. The molecule has 0 radical (unpaired) electrons. The van der Waals surface area contributed by atoms with Gasteiger partial charge in [-0.15, -0.1) is 0 Å². The molecule has 2 rings (SSSR count). The highest BCUT2D eigenvalue weighted by atomic mass is 16.6. The van der Waals surface area contributed by atoms with Crippen molar-refractivity contribution in [3.63, 3.8) is 0 Å². The maximum atomic E-state index is 12.6. The summed E-state index contributed by atoms with van der Waals surface area (Å²) in [6, 6.07) is -2.09. The van der Waals surface area contributed by atoms with Crippen LogP contribution in [0.5, 0.6) is 0 Å². The molecule has 9 heteroatoms. The highest BCUT2D eigenvalue weighted by molar-refractivity contribution is 5.76. The lowest BCUT2D eigenvalue weighted by molar-refractivity contribution is -0.511. The highest BCUT2D eigenvalue weighted by Gasteiger charge is 2.33. The Hall–Kier alpha value is -2.45. The minimum atomic E-state index is -0.780. The number of nitrogens with zero attached hydrogens (tertiary/aromatic N) is 4. The topological polar surface area (TPSA) is 110 Å². The van der Waals surface area contributed by atoms with E-state index in [1.807, 2.05) is 0 Å². The molecule has 24 heavy (non-hydrogen) atoms. The average Bonchev–Trinajstić information content (AvgIpc) is 2.59. The molecule has 0 aromatic carbocycles. The first kappa shape index (κ1) is 17.9. The number of amides is 2. The first-order chi connectivity index (χ1) is 11.3. The van der Waals surface area contributed by atoms with Gasteiger partial charge in [0.2, 0.25) is 12.1 Å². The van der Waals surface area contributed by atoms with Gasteiger partial charge in [-0.2, -0.15) is 0 Å². The number of urea groups is 1. The van der Waals surface area contributed by atoms with Gasteiger partial charge in [-0.25, -0.2) is 4.79 Å². The Morgan fingerprint density at radius 2 is 1.88 bits per heavy atom. The first-order valence-corrected chi connectivity index (χ1v) is 7.96. The zero-order chi connectivity index (χ0) is 17.9. The minimum absolute atomic E-state index is 0.254. The summed E-state index contributed by atoms with van der Waals surface area (Å²) in [4.78, 5) is 36.8. The molecule has 0 bridgehead atoms. The number of hydrogen-bond acceptors (Lipinski definition) is 5. The smallest absolute Gasteiger partial charge is 0.323 e. The molecule has 0 fully saturated rings. The molecule has 2 amide bonds. The van der Waals surface area contributed by atoms with Crippen molar-refractivity contribution < 1.29 is 14.6 Å². The molecule has 0 aromatic rings. The first-order valence-electron chi connectivity index (χ1n) is 7.96. The molecule has 9 nitrogen and oxygen atoms in total. The highest BCUT2D eigenvalue weighted by Crippen LogP contribution is 2.25. The van der Waals surface area contributed by atoms with E-state index in [4.69, 9.17) is 0 Å². The van der Waals surface area contributed by atoms with Crippen LogP contribution in [0.4, 0.5) is 4.79 Å². The van der Waals surface area contributed by atoms with Gasteiger partial charge in [0, 0.05) is 54.6 Å². The third-order valence-electron chi connectivity index (χ3n) is 4.71. The van der Waals surface area contributed by atoms with Gasteiger partial charge in [-0.1, -0.05) is 6.08 Å². The lowest BCUT2D eigenvalue weighted by Crippen LogP contribution is -2.47. The summed E-state index contributed by atoms with van der Waals surface area (Å²) >= 11 is 0. The summed E-state index contributed by atoms with van der Waals surface area (Å²) in [5, 5.41) is 21.9. The van der Waals surface area contributed by atoms with Crippen LogP contribution in [0.2, 0.25) is 0 Å². The predicted octanol–water partition coefficient (Wildman–Crippen LogP) is 2.05. The van der Waals surface area contributed by atoms with E-state index in [0.717, 1.165) is 0 Å². The molecule has 0 heterocycles. The van der Waals surface area contributed by atoms with Gasteiger partial charge >= 0.3 is 6.03 Å². The second-order valence-corrected chi connectivity index (χ2v) is 6.26. The molecule has 3 atom stereocenters. The second-order valence-electron chi connectivity index (χ2n) is 6.26. The number of hydrogen-bond donors (Lipinski definition) is 0. The van der Waals surface area contributed by atoms with E-state index in [0.29, 0.717) is 31.4 Å². The zero-order valence-electron chi connectivity index (χ0n) is 13.8. The summed E-state index contributed by atoms with van der Waals surface area (Å²) in [6.07, 6.45) is 7.42. The van der Waals surface area contributed by atoms with Crippen molar-refractivity contribution in [3.05, 3.63) is 44.2 Å². The van der Waals surface area contributed by atoms with E-state index in [2.05, 4.69) is 0 Å². The Balaban J connectivity index is 2.06. The molecular weight excluding hydrogens is 316 g/mol. The number of rotatable bonds is 4. The van der Waals surface area contributed by atoms with E-state index in [1.165, 1.54) is 15.9 Å². The van der Waals surface area contributed by atoms with Gasteiger partial charge in [0.25, 0.3) is 0 Å². The molecule has 2 aliphatic carbocycles. The van der Waals surface area contributed by atoms with Crippen LogP contribution < -0.4 is 0 Å². The third kappa shape index (κ3) is 3.90. The Labute approximate surface area is 139 Å². The monoisotopic (exact) mass is 338 g/mol. The van der Waals surface area contributed by atoms with E-state index in [9.17, 15) is 25.0 Å². The Bertz CT molecular complexity index is 588. The summed E-state index contributed by atoms with van der Waals surface area (Å²) in [5.74, 6) is 0. The van der Waals surface area contributed by atoms with Crippen molar-refractivity contribution in [2.24, 2.45) is 0 Å². The predicted molar refractivity (Wildman–Crippen MR) is 86.6 cm³/mol. The van der Waals surface area contributed by atoms with E-state index in [1.54, 1.807) is 26.2 Å². The SMILES string of the molecule is CN(C(=O)N(C)C1CC=CC([N+](=O)[O-])C1)C1=CC([N+](=O)[O-])CCC1. The van der Waals surface area contributed by atoms with E-state index in [-0.39, 0.29) is 28.3 Å². The fourth-order valence-electron chi connectivity index (χ4n) is 3.16. The molecule has 2 aliphatic rings. The quantitative estimate of drug-likeness (QED) is 0.442. The number of carbonyl (C=O) groups is 1. The number of nitro groups is 2. The Morgan fingerprint density at radius 1 is 1.21 bits per heavy atom. The lowest BCUT2D eigenvalue weighted by Gasteiger charge is -2.34. The summed E-state index contributed by atoms with van der Waals surface area (Å²) in [5.41, 5.74) is 0.636. The van der Waals surface area contributed by atoms with E-state index >= 15 is 0 Å². The van der Waals surface area contributed by atoms with Crippen LogP contribution in [-0.4, -0.2) is 57.9 Å². The van der Waals surface area contributed by atoms with Crippen molar-refractivity contribution >= 4 is 6.03 Å². The fourth-order valence-corrected chi connectivity index (χ4v) is 3.16. The van der Waals surface area contributed by atoms with Gasteiger partial charge in [0.05, 0.1) is 0 Å². The van der Waals surface area contributed by atoms with Crippen LogP contribution in [0.25, 0.3) is 0 Å². The molecular formula is C15H22N4O5. The van der Waals surface area contributed by atoms with Crippen molar-refractivity contribution in [1.29, 1.82) is 0 Å². The van der Waals surface area contributed by atoms with Gasteiger partial charge in [0.15, 0.2) is 0 Å². The molecule has 3 unspecified atom stereocenters. The average molecular weight is 338 g/mol. The van der Waals surface area contributed by atoms with Crippen LogP contribution >= 0.6 is 0 Å². The van der Waals surface area contributed by atoms with Crippen molar-refractivity contribution in [2.75, 3.05) is 14.1 Å². The van der Waals surface area contributed by atoms with Gasteiger partial charge in [-0.3, -0.25) is 20.2 Å². The lowest BCUT2D eigenvalue weighted by atomic mass is 9.97. The summed E-state index contributed by atoms with van der Waals surface area (Å²) < 4.78 is 0. The largest absolute Gasteiger partial charge is 0.324 e. The van der Waals surface area contributed by atoms with Crippen LogP contribution in [-0.2, 0) is 0 Å². The molecule has 0 saturated carbocycles. The van der Waals surface area contributed by atoms with Crippen LogP contribution in [0.1, 0.15) is 32.1 Å². The normalized spacial score (nSPS) is 26.4. The van der Waals surface area contributed by atoms with Crippen LogP contribution in [0.15, 0.2) is 23.9 Å². The van der Waals surface area contributed by atoms with E-state index < -0.39 is 12.1 Å². The fraction of sp³-hybridized carbons (Fsp3) is 0.667. The third-order valence-corrected chi connectivity index (χ3v) is 4.71. The zero-order valence-corrected chi connectivity index (χ0v) is 13.8. The maximum absolute atomic E-state index is 12.6. The maximum Gasteiger partial charge on any atom is 0.323 e. The number of carbonyl (C=O) groups excluding carboxylic acids is 1. The van der Waals surface area contributed by atoms with Gasteiger partial charge in [0.1, 0.15) is 0 Å². The molecule has 0 aliphatic heterocycles. The molecule has 0 N–H and O–H groups in total. The van der Waals surface area contributed by atoms with Gasteiger partial charge in [-0.05, 0) is 25.3 Å². The second kappa shape index (κ2) is 7.41. The van der Waals surface area contributed by atoms with Crippen molar-refractivity contribution in [2.45, 2.75) is 50.2 Å². The Morgan fingerprint density at radius 3 is 2.50 bits per heavy atom. The van der Waals surface area contributed by atoms with Crippen molar-refractivity contribution in [3.8, 4) is 0 Å². The van der Waals surface area contributed by atoms with Crippen molar-refractivity contribution in [1.82, 2.24) is 9.80 Å². The Kier molecular flexibility index (Phi) is 5.53. The van der Waals surface area contributed by atoms with Gasteiger partial charge < -0.3 is 9.80 Å². The number of allylic oxidation sites excluding steroid dienone is 1. The van der Waals surface area contributed by atoms with Crippen LogP contribution in [0.3, 0.4) is 0 Å². The summed E-state index contributed by atoms with van der Waals surface area (Å²) in [6.45, 7) is 0. The standard InChI is InChI=1S/C15H22N4O5/c1-16(11-5-3-7-13(9-11)18(21)22)15(20)17(2)12-6-4-8-14(10-12)19(23)24/h3,7,10-11,13-14H,4-6,8-9H2,1-2H3. The summed E-state index contributed by atoms with van der Waals surface area (Å²) in [7, 11) is 3.21. The molecule has 0 aromatic heterocycles. The molecule has 0 spiro atoms. The van der Waals surface area contributed by atoms with Crippen LogP contribution in [0, 0.1) is 20.2 Å². The molecule has 0 saturated heterocycles. The molecule has 132 valence electrons.